The first-order valence-corrected chi connectivity index (χ1v) is 14.8. The van der Waals surface area contributed by atoms with Crippen molar-refractivity contribution in [3.8, 4) is 5.75 Å². The number of hydrogen-bond acceptors (Lipinski definition) is 5. The molecule has 226 valence electrons. The molecule has 1 aromatic heterocycles. The van der Waals surface area contributed by atoms with Crippen LogP contribution in [0.25, 0.3) is 10.9 Å². The van der Waals surface area contributed by atoms with Crippen LogP contribution in [0, 0.1) is 6.92 Å². The third kappa shape index (κ3) is 7.30. The third-order valence-corrected chi connectivity index (χ3v) is 7.87. The van der Waals surface area contributed by atoms with E-state index in [0.717, 1.165) is 23.0 Å². The Morgan fingerprint density at radius 2 is 1.82 bits per heavy atom. The second-order valence-corrected chi connectivity index (χ2v) is 11.2. The standard InChI is InChI=1S/C33H31Cl2N5O4/c1-21-12-13-22-8-7-11-28(31(22)36-21)44-20-25-26(34)14-15-27(30(25)35)38-29(41)19-39(2)33(43)37-24-10-6-9-23(18-24)32(42)40-16-4-3-5-17-40/h3-4,6-15,18H,5,16-17,19-20H2,1-2H3,(H,37,43)(H,38,41). The van der Waals surface area contributed by atoms with E-state index in [2.05, 4.69) is 15.6 Å². The van der Waals surface area contributed by atoms with Crippen molar-refractivity contribution in [1.29, 1.82) is 0 Å². The van der Waals surface area contributed by atoms with E-state index in [0.29, 0.717) is 46.4 Å². The highest BCUT2D eigenvalue weighted by Gasteiger charge is 2.19. The summed E-state index contributed by atoms with van der Waals surface area (Å²) in [6.45, 7) is 2.91. The van der Waals surface area contributed by atoms with Gasteiger partial charge in [-0.15, -0.1) is 0 Å². The second-order valence-electron chi connectivity index (χ2n) is 10.4. The quantitative estimate of drug-likeness (QED) is 0.205. The first-order valence-electron chi connectivity index (χ1n) is 14.0. The molecule has 0 radical (unpaired) electrons. The molecule has 1 aliphatic rings. The van der Waals surface area contributed by atoms with Gasteiger partial charge in [-0.3, -0.25) is 9.59 Å². The number of ether oxygens (including phenoxy) is 1. The number of carbonyl (C=O) groups is 3. The Balaban J connectivity index is 1.20. The summed E-state index contributed by atoms with van der Waals surface area (Å²) in [6, 6.07) is 19.0. The average Bonchev–Trinajstić information content (AvgIpc) is 3.02. The van der Waals surface area contributed by atoms with Gasteiger partial charge in [0, 0.05) is 53.1 Å². The summed E-state index contributed by atoms with van der Waals surface area (Å²) in [6.07, 6.45) is 4.82. The van der Waals surface area contributed by atoms with Gasteiger partial charge < -0.3 is 25.2 Å². The number of anilines is 2. The van der Waals surface area contributed by atoms with E-state index in [4.69, 9.17) is 27.9 Å². The van der Waals surface area contributed by atoms with Crippen molar-refractivity contribution in [3.05, 3.63) is 106 Å². The molecule has 5 rings (SSSR count). The fourth-order valence-corrected chi connectivity index (χ4v) is 5.27. The fraction of sp³-hybridized carbons (Fsp3) is 0.212. The predicted octanol–water partition coefficient (Wildman–Crippen LogP) is 6.93. The van der Waals surface area contributed by atoms with Crippen LogP contribution < -0.4 is 15.4 Å². The highest BCUT2D eigenvalue weighted by molar-refractivity contribution is 6.38. The van der Waals surface area contributed by atoms with E-state index >= 15 is 0 Å². The number of urea groups is 1. The predicted molar refractivity (Wildman–Crippen MR) is 174 cm³/mol. The minimum atomic E-state index is -0.513. The lowest BCUT2D eigenvalue weighted by Crippen LogP contribution is -2.37. The third-order valence-electron chi connectivity index (χ3n) is 7.09. The lowest BCUT2D eigenvalue weighted by Gasteiger charge is -2.23. The number of nitrogens with zero attached hydrogens (tertiary/aromatic N) is 3. The normalized spacial score (nSPS) is 12.6. The zero-order chi connectivity index (χ0) is 31.2. The number of likely N-dealkylation sites (N-methyl/N-ethyl adjacent to an activating group) is 1. The number of aryl methyl sites for hydroxylation is 1. The Bertz CT molecular complexity index is 1760. The number of benzene rings is 3. The largest absolute Gasteiger partial charge is 0.487 e. The van der Waals surface area contributed by atoms with Crippen LogP contribution in [0.2, 0.25) is 10.0 Å². The van der Waals surface area contributed by atoms with Gasteiger partial charge in [0.2, 0.25) is 5.91 Å². The van der Waals surface area contributed by atoms with Gasteiger partial charge in [0.25, 0.3) is 5.91 Å². The van der Waals surface area contributed by atoms with Gasteiger partial charge in [-0.05, 0) is 55.8 Å². The van der Waals surface area contributed by atoms with Crippen LogP contribution >= 0.6 is 23.2 Å². The number of carbonyl (C=O) groups excluding carboxylic acids is 3. The molecule has 0 atom stereocenters. The van der Waals surface area contributed by atoms with Crippen molar-refractivity contribution in [1.82, 2.24) is 14.8 Å². The minimum Gasteiger partial charge on any atom is -0.487 e. The zero-order valence-electron chi connectivity index (χ0n) is 24.3. The molecule has 2 N–H and O–H groups in total. The Hall–Kier alpha value is -4.60. The van der Waals surface area contributed by atoms with E-state index in [9.17, 15) is 14.4 Å². The molecule has 4 aromatic rings. The molecule has 3 aromatic carbocycles. The van der Waals surface area contributed by atoms with Gasteiger partial charge in [-0.25, -0.2) is 9.78 Å². The molecule has 0 unspecified atom stereocenters. The van der Waals surface area contributed by atoms with Gasteiger partial charge in [0.1, 0.15) is 24.4 Å². The van der Waals surface area contributed by atoms with Crippen molar-refractivity contribution in [2.24, 2.45) is 0 Å². The molecule has 9 nitrogen and oxygen atoms in total. The van der Waals surface area contributed by atoms with E-state index in [1.165, 1.54) is 11.9 Å². The molecule has 2 heterocycles. The maximum absolute atomic E-state index is 12.9. The van der Waals surface area contributed by atoms with Crippen LogP contribution in [-0.4, -0.2) is 59.3 Å². The van der Waals surface area contributed by atoms with Gasteiger partial charge >= 0.3 is 6.03 Å². The molecule has 0 aliphatic carbocycles. The summed E-state index contributed by atoms with van der Waals surface area (Å²) in [5.74, 6) is 0.0141. The molecule has 44 heavy (non-hydrogen) atoms. The Labute approximate surface area is 265 Å². The first kappa shape index (κ1) is 30.8. The first-order chi connectivity index (χ1) is 21.2. The zero-order valence-corrected chi connectivity index (χ0v) is 25.8. The molecule has 0 spiro atoms. The number of pyridine rings is 1. The van der Waals surface area contributed by atoms with E-state index in [1.807, 2.05) is 49.4 Å². The van der Waals surface area contributed by atoms with Gasteiger partial charge in [-0.2, -0.15) is 0 Å². The van der Waals surface area contributed by atoms with E-state index in [1.54, 1.807) is 41.3 Å². The maximum atomic E-state index is 12.9. The van der Waals surface area contributed by atoms with Crippen LogP contribution in [0.5, 0.6) is 5.75 Å². The van der Waals surface area contributed by atoms with E-state index in [-0.39, 0.29) is 24.1 Å². The molecule has 0 saturated heterocycles. The van der Waals surface area contributed by atoms with Crippen LogP contribution in [0.3, 0.4) is 0 Å². The fourth-order valence-electron chi connectivity index (χ4n) is 4.74. The number of hydrogen-bond donors (Lipinski definition) is 2. The highest BCUT2D eigenvalue weighted by Crippen LogP contribution is 2.34. The summed E-state index contributed by atoms with van der Waals surface area (Å²) in [5, 5.41) is 7.04. The van der Waals surface area contributed by atoms with Gasteiger partial charge in [0.15, 0.2) is 0 Å². The molecular weight excluding hydrogens is 601 g/mol. The molecule has 0 saturated carbocycles. The Morgan fingerprint density at radius 1 is 1.00 bits per heavy atom. The lowest BCUT2D eigenvalue weighted by molar-refractivity contribution is -0.116. The number of nitrogens with one attached hydrogen (secondary N) is 2. The summed E-state index contributed by atoms with van der Waals surface area (Å²) in [4.78, 5) is 46.1. The smallest absolute Gasteiger partial charge is 0.322 e. The Kier molecular flexibility index (Phi) is 9.67. The molecule has 0 bridgehead atoms. The van der Waals surface area contributed by atoms with Crippen molar-refractivity contribution in [2.75, 3.05) is 37.3 Å². The summed E-state index contributed by atoms with van der Waals surface area (Å²) in [5.41, 5.74) is 3.34. The number of amides is 4. The average molecular weight is 633 g/mol. The maximum Gasteiger partial charge on any atom is 0.322 e. The van der Waals surface area contributed by atoms with Crippen molar-refractivity contribution < 1.29 is 19.1 Å². The SMILES string of the molecule is Cc1ccc2cccc(OCc3c(Cl)ccc(NC(=O)CN(C)C(=O)Nc4cccc(C(=O)N5CC=CCC5)c4)c3Cl)c2n1. The van der Waals surface area contributed by atoms with Crippen molar-refractivity contribution >= 4 is 63.3 Å². The number of para-hydroxylation sites is 1. The number of fused-ring (bicyclic) bond motifs is 1. The van der Waals surface area contributed by atoms with Crippen LogP contribution in [0.1, 0.15) is 28.0 Å². The minimum absolute atomic E-state index is 0.0500. The molecule has 11 heteroatoms. The molecule has 4 amide bonds. The number of halogens is 2. The monoisotopic (exact) mass is 631 g/mol. The van der Waals surface area contributed by atoms with Gasteiger partial charge in [-0.1, -0.05) is 59.6 Å². The second kappa shape index (κ2) is 13.8. The van der Waals surface area contributed by atoms with Crippen molar-refractivity contribution in [3.63, 3.8) is 0 Å². The Morgan fingerprint density at radius 3 is 2.61 bits per heavy atom. The van der Waals surface area contributed by atoms with E-state index < -0.39 is 11.9 Å². The summed E-state index contributed by atoms with van der Waals surface area (Å²) in [7, 11) is 1.49. The van der Waals surface area contributed by atoms with Crippen molar-refractivity contribution in [2.45, 2.75) is 20.0 Å². The lowest BCUT2D eigenvalue weighted by atomic mass is 10.1. The van der Waals surface area contributed by atoms with Crippen LogP contribution in [-0.2, 0) is 11.4 Å². The molecular formula is C33H31Cl2N5O4. The molecule has 0 fully saturated rings. The highest BCUT2D eigenvalue weighted by atomic mass is 35.5. The summed E-state index contributed by atoms with van der Waals surface area (Å²) < 4.78 is 6.06. The number of aromatic nitrogens is 1. The van der Waals surface area contributed by atoms with Crippen LogP contribution in [0.4, 0.5) is 16.2 Å². The summed E-state index contributed by atoms with van der Waals surface area (Å²) >= 11 is 13.1. The van der Waals surface area contributed by atoms with Crippen LogP contribution in [0.15, 0.2) is 78.9 Å². The van der Waals surface area contributed by atoms with Gasteiger partial charge in [0.05, 0.1) is 10.7 Å². The molecule has 1 aliphatic heterocycles. The number of rotatable bonds is 8. The topological polar surface area (TPSA) is 104 Å².